The molecule has 14 heavy (non-hydrogen) atoms. The van der Waals surface area contributed by atoms with Crippen LogP contribution < -0.4 is 11.1 Å². The molecule has 3 N–H and O–H groups in total. The first-order valence-electron chi connectivity index (χ1n) is 5.18. The van der Waals surface area contributed by atoms with E-state index in [1.54, 1.807) is 0 Å². The number of nitrogens with zero attached hydrogens (tertiary/aromatic N) is 2. The van der Waals surface area contributed by atoms with E-state index in [0.717, 1.165) is 30.9 Å². The van der Waals surface area contributed by atoms with Gasteiger partial charge in [0.05, 0.1) is 17.1 Å². The zero-order valence-electron chi connectivity index (χ0n) is 9.30. The lowest BCUT2D eigenvalue weighted by molar-refractivity contribution is 0.583. The number of aromatic nitrogens is 2. The predicted octanol–water partition coefficient (Wildman–Crippen LogP) is 1.28. The summed E-state index contributed by atoms with van der Waals surface area (Å²) in [4.78, 5) is 0. The van der Waals surface area contributed by atoms with Gasteiger partial charge in [0.1, 0.15) is 0 Å². The summed E-state index contributed by atoms with van der Waals surface area (Å²) in [6.45, 7) is 8.71. The van der Waals surface area contributed by atoms with Gasteiger partial charge in [-0.05, 0) is 20.3 Å². The molecule has 1 heterocycles. The molecular formula is C10H20N4. The van der Waals surface area contributed by atoms with Gasteiger partial charge in [-0.15, -0.1) is 0 Å². The first kappa shape index (κ1) is 11.0. The lowest BCUT2D eigenvalue weighted by atomic mass is 10.3. The Kier molecular flexibility index (Phi) is 3.95. The molecule has 0 radical (unpaired) electrons. The number of nitrogens with one attached hydrogen (secondary N) is 1. The maximum atomic E-state index is 5.45. The van der Waals surface area contributed by atoms with E-state index < -0.39 is 0 Å². The Morgan fingerprint density at radius 3 is 2.71 bits per heavy atom. The monoisotopic (exact) mass is 196 g/mol. The number of hydrogen-bond donors (Lipinski definition) is 2. The Morgan fingerprint density at radius 2 is 2.14 bits per heavy atom. The van der Waals surface area contributed by atoms with Gasteiger partial charge in [0.15, 0.2) is 0 Å². The molecule has 0 amide bonds. The van der Waals surface area contributed by atoms with E-state index in [1.807, 2.05) is 11.6 Å². The Balaban J connectivity index is 2.81. The van der Waals surface area contributed by atoms with Crippen molar-refractivity contribution in [2.45, 2.75) is 33.7 Å². The molecule has 4 heteroatoms. The molecule has 0 aliphatic carbocycles. The number of hydrogen-bond acceptors (Lipinski definition) is 3. The molecule has 80 valence electrons. The van der Waals surface area contributed by atoms with Crippen LogP contribution in [0.2, 0.25) is 0 Å². The molecule has 0 saturated carbocycles. The van der Waals surface area contributed by atoms with Crippen molar-refractivity contribution in [1.29, 1.82) is 0 Å². The minimum Gasteiger partial charge on any atom is -0.381 e. The fourth-order valence-corrected chi connectivity index (χ4v) is 1.58. The van der Waals surface area contributed by atoms with Crippen LogP contribution in [0.4, 0.5) is 5.69 Å². The van der Waals surface area contributed by atoms with E-state index in [9.17, 15) is 0 Å². The van der Waals surface area contributed by atoms with Gasteiger partial charge in [-0.2, -0.15) is 5.10 Å². The fourth-order valence-electron chi connectivity index (χ4n) is 1.58. The average Bonchev–Trinajstić information content (AvgIpc) is 2.41. The van der Waals surface area contributed by atoms with Gasteiger partial charge in [-0.3, -0.25) is 4.68 Å². The van der Waals surface area contributed by atoms with E-state index in [0.29, 0.717) is 6.54 Å². The lowest BCUT2D eigenvalue weighted by Gasteiger charge is -2.05. The summed E-state index contributed by atoms with van der Waals surface area (Å²) in [5, 5.41) is 7.77. The normalized spacial score (nSPS) is 10.6. The molecule has 1 aromatic heterocycles. The van der Waals surface area contributed by atoms with Crippen molar-refractivity contribution in [3.8, 4) is 0 Å². The SMILES string of the molecule is CCCn1nc(C)c(NCCN)c1C. The molecule has 0 aromatic carbocycles. The molecule has 1 rings (SSSR count). The minimum absolute atomic E-state index is 0.651. The van der Waals surface area contributed by atoms with E-state index in [-0.39, 0.29) is 0 Å². The molecule has 0 bridgehead atoms. The summed E-state index contributed by atoms with van der Waals surface area (Å²) in [6.07, 6.45) is 1.11. The maximum Gasteiger partial charge on any atom is 0.0827 e. The average molecular weight is 196 g/mol. The topological polar surface area (TPSA) is 55.9 Å². The highest BCUT2D eigenvalue weighted by Gasteiger charge is 2.09. The smallest absolute Gasteiger partial charge is 0.0827 e. The second-order valence-electron chi connectivity index (χ2n) is 3.48. The van der Waals surface area contributed by atoms with Crippen LogP contribution in [0.1, 0.15) is 24.7 Å². The van der Waals surface area contributed by atoms with Crippen LogP contribution in [0.15, 0.2) is 0 Å². The zero-order chi connectivity index (χ0) is 10.6. The highest BCUT2D eigenvalue weighted by Crippen LogP contribution is 2.18. The zero-order valence-corrected chi connectivity index (χ0v) is 9.30. The lowest BCUT2D eigenvalue weighted by Crippen LogP contribution is -2.14. The van der Waals surface area contributed by atoms with Crippen molar-refractivity contribution >= 4 is 5.69 Å². The van der Waals surface area contributed by atoms with Crippen LogP contribution >= 0.6 is 0 Å². The summed E-state index contributed by atoms with van der Waals surface area (Å²) in [5.74, 6) is 0. The van der Waals surface area contributed by atoms with E-state index in [4.69, 9.17) is 5.73 Å². The van der Waals surface area contributed by atoms with E-state index in [1.165, 1.54) is 5.69 Å². The van der Waals surface area contributed by atoms with Gasteiger partial charge in [-0.25, -0.2) is 0 Å². The predicted molar refractivity (Wildman–Crippen MR) is 59.5 cm³/mol. The molecule has 0 atom stereocenters. The van der Waals surface area contributed by atoms with Gasteiger partial charge in [0.2, 0.25) is 0 Å². The second-order valence-corrected chi connectivity index (χ2v) is 3.48. The van der Waals surface area contributed by atoms with Crippen LogP contribution in [-0.2, 0) is 6.54 Å². The molecule has 0 fully saturated rings. The summed E-state index contributed by atoms with van der Waals surface area (Å²) < 4.78 is 2.05. The highest BCUT2D eigenvalue weighted by atomic mass is 15.3. The number of rotatable bonds is 5. The van der Waals surface area contributed by atoms with Crippen molar-refractivity contribution in [3.63, 3.8) is 0 Å². The summed E-state index contributed by atoms with van der Waals surface area (Å²) >= 11 is 0. The second kappa shape index (κ2) is 5.00. The van der Waals surface area contributed by atoms with E-state index >= 15 is 0 Å². The van der Waals surface area contributed by atoms with Crippen molar-refractivity contribution in [1.82, 2.24) is 9.78 Å². The van der Waals surface area contributed by atoms with Crippen molar-refractivity contribution in [2.75, 3.05) is 18.4 Å². The summed E-state index contributed by atoms with van der Waals surface area (Å²) in [6, 6.07) is 0. The third-order valence-electron chi connectivity index (χ3n) is 2.26. The van der Waals surface area contributed by atoms with Crippen molar-refractivity contribution in [3.05, 3.63) is 11.4 Å². The number of anilines is 1. The standard InChI is InChI=1S/C10H20N4/c1-4-7-14-9(3)10(8(2)13-14)12-6-5-11/h12H,4-7,11H2,1-3H3. The molecule has 0 unspecified atom stereocenters. The molecule has 0 saturated heterocycles. The van der Waals surface area contributed by atoms with Gasteiger partial charge in [0.25, 0.3) is 0 Å². The van der Waals surface area contributed by atoms with Gasteiger partial charge < -0.3 is 11.1 Å². The minimum atomic E-state index is 0.651. The third kappa shape index (κ3) is 2.26. The Hall–Kier alpha value is -1.03. The van der Waals surface area contributed by atoms with Crippen LogP contribution in [0.3, 0.4) is 0 Å². The van der Waals surface area contributed by atoms with Crippen LogP contribution in [0.5, 0.6) is 0 Å². The van der Waals surface area contributed by atoms with Crippen LogP contribution in [0, 0.1) is 13.8 Å². The number of nitrogens with two attached hydrogens (primary N) is 1. The quantitative estimate of drug-likeness (QED) is 0.746. The maximum absolute atomic E-state index is 5.45. The number of aryl methyl sites for hydroxylation is 2. The molecular weight excluding hydrogens is 176 g/mol. The summed E-state index contributed by atoms with van der Waals surface area (Å²) in [7, 11) is 0. The Labute approximate surface area is 85.5 Å². The fraction of sp³-hybridized carbons (Fsp3) is 0.700. The van der Waals surface area contributed by atoms with E-state index in [2.05, 4.69) is 24.3 Å². The third-order valence-corrected chi connectivity index (χ3v) is 2.26. The first-order valence-corrected chi connectivity index (χ1v) is 5.18. The largest absolute Gasteiger partial charge is 0.381 e. The van der Waals surface area contributed by atoms with Crippen LogP contribution in [-0.4, -0.2) is 22.9 Å². The van der Waals surface area contributed by atoms with Gasteiger partial charge in [-0.1, -0.05) is 6.92 Å². The van der Waals surface area contributed by atoms with Crippen LogP contribution in [0.25, 0.3) is 0 Å². The molecule has 0 aliphatic rings. The Morgan fingerprint density at radius 1 is 1.43 bits per heavy atom. The summed E-state index contributed by atoms with van der Waals surface area (Å²) in [5.41, 5.74) is 8.86. The van der Waals surface area contributed by atoms with Gasteiger partial charge >= 0.3 is 0 Å². The molecule has 4 nitrogen and oxygen atoms in total. The Bertz CT molecular complexity index is 291. The molecule has 0 aliphatic heterocycles. The molecule has 0 spiro atoms. The van der Waals surface area contributed by atoms with Gasteiger partial charge in [0, 0.05) is 19.6 Å². The first-order chi connectivity index (χ1) is 6.70. The van der Waals surface area contributed by atoms with Crippen molar-refractivity contribution in [2.24, 2.45) is 5.73 Å². The highest BCUT2D eigenvalue weighted by molar-refractivity contribution is 5.51. The molecule has 1 aromatic rings. The van der Waals surface area contributed by atoms with Crippen molar-refractivity contribution < 1.29 is 0 Å².